The van der Waals surface area contributed by atoms with Gasteiger partial charge in [-0.15, -0.1) is 0 Å². The van der Waals surface area contributed by atoms with Gasteiger partial charge in [-0.25, -0.2) is 0 Å². The number of methoxy groups -OCH3 is 1. The number of primary amides is 1. The summed E-state index contributed by atoms with van der Waals surface area (Å²) in [5.74, 6) is 0.301. The summed E-state index contributed by atoms with van der Waals surface area (Å²) in [6.45, 7) is 0.645. The van der Waals surface area contributed by atoms with Crippen LogP contribution in [0.15, 0.2) is 42.5 Å². The van der Waals surface area contributed by atoms with Gasteiger partial charge in [-0.3, -0.25) is 4.79 Å². The lowest BCUT2D eigenvalue weighted by atomic mass is 10.1. The number of carbonyl (C=O) groups excluding carboxylic acids is 1. The van der Waals surface area contributed by atoms with E-state index in [0.29, 0.717) is 17.8 Å². The molecule has 0 unspecified atom stereocenters. The fourth-order valence-corrected chi connectivity index (χ4v) is 2.18. The fraction of sp³-hybridized carbons (Fsp3) is 0.188. The van der Waals surface area contributed by atoms with Crippen molar-refractivity contribution < 1.29 is 9.53 Å². The molecule has 0 radical (unpaired) electrons. The molecule has 5 nitrogen and oxygen atoms in total. The number of hydrogen-bond acceptors (Lipinski definition) is 4. The Balaban J connectivity index is 2.26. The van der Waals surface area contributed by atoms with Gasteiger partial charge >= 0.3 is 0 Å². The van der Waals surface area contributed by atoms with Gasteiger partial charge in [0.2, 0.25) is 0 Å². The molecule has 0 aromatic heterocycles. The topological polar surface area (TPSA) is 81.6 Å². The summed E-state index contributed by atoms with van der Waals surface area (Å²) in [6, 6.07) is 13.1. The molecule has 0 aliphatic carbocycles. The second kappa shape index (κ2) is 6.17. The first kappa shape index (κ1) is 14.7. The first-order valence-corrected chi connectivity index (χ1v) is 6.55. The molecule has 110 valence electrons. The van der Waals surface area contributed by atoms with Crippen molar-refractivity contribution in [3.8, 4) is 5.75 Å². The van der Waals surface area contributed by atoms with E-state index in [4.69, 9.17) is 16.2 Å². The first-order valence-electron chi connectivity index (χ1n) is 6.55. The van der Waals surface area contributed by atoms with Gasteiger partial charge in [-0.2, -0.15) is 0 Å². The van der Waals surface area contributed by atoms with Gasteiger partial charge in [0.25, 0.3) is 5.91 Å². The van der Waals surface area contributed by atoms with Crippen molar-refractivity contribution in [2.45, 2.75) is 6.54 Å². The molecule has 0 bridgehead atoms. The number of carbonyl (C=O) groups is 1. The monoisotopic (exact) mass is 285 g/mol. The third-order valence-corrected chi connectivity index (χ3v) is 3.34. The van der Waals surface area contributed by atoms with Gasteiger partial charge in [-0.05, 0) is 24.3 Å². The summed E-state index contributed by atoms with van der Waals surface area (Å²) < 4.78 is 5.34. The maximum absolute atomic E-state index is 11.4. The van der Waals surface area contributed by atoms with Gasteiger partial charge in [0.1, 0.15) is 5.75 Å². The van der Waals surface area contributed by atoms with E-state index >= 15 is 0 Å². The zero-order valence-corrected chi connectivity index (χ0v) is 12.2. The van der Waals surface area contributed by atoms with E-state index in [0.717, 1.165) is 17.0 Å². The molecule has 0 spiro atoms. The Morgan fingerprint density at radius 1 is 1.24 bits per heavy atom. The number of para-hydroxylation sites is 1. The summed E-state index contributed by atoms with van der Waals surface area (Å²) in [7, 11) is 3.58. The zero-order valence-electron chi connectivity index (χ0n) is 12.2. The molecule has 21 heavy (non-hydrogen) atoms. The van der Waals surface area contributed by atoms with Crippen LogP contribution in [0, 0.1) is 0 Å². The molecule has 2 aromatic carbocycles. The molecule has 0 atom stereocenters. The highest BCUT2D eigenvalue weighted by Crippen LogP contribution is 2.24. The van der Waals surface area contributed by atoms with E-state index in [1.807, 2.05) is 42.3 Å². The summed E-state index contributed by atoms with van der Waals surface area (Å²) in [5.41, 5.74) is 13.7. The standard InChI is InChI=1S/C16H19N3O2/c1-19(10-11-5-3-4-6-15(11)21-2)12-7-8-14(17)13(9-12)16(18)20/h3-9H,10,17H2,1-2H3,(H2,18,20). The molecule has 4 N–H and O–H groups in total. The van der Waals surface area contributed by atoms with Gasteiger partial charge in [0, 0.05) is 30.5 Å². The Hall–Kier alpha value is -2.69. The van der Waals surface area contributed by atoms with Crippen molar-refractivity contribution in [1.29, 1.82) is 0 Å². The van der Waals surface area contributed by atoms with Crippen molar-refractivity contribution >= 4 is 17.3 Å². The third-order valence-electron chi connectivity index (χ3n) is 3.34. The van der Waals surface area contributed by atoms with Crippen LogP contribution in [0.2, 0.25) is 0 Å². The predicted octanol–water partition coefficient (Wildman–Crippen LogP) is 2.01. The lowest BCUT2D eigenvalue weighted by Crippen LogP contribution is -2.19. The Bertz CT molecular complexity index is 656. The van der Waals surface area contributed by atoms with Crippen LogP contribution >= 0.6 is 0 Å². The number of ether oxygens (including phenoxy) is 1. The Kier molecular flexibility index (Phi) is 4.33. The molecule has 5 heteroatoms. The van der Waals surface area contributed by atoms with Gasteiger partial charge in [-0.1, -0.05) is 18.2 Å². The van der Waals surface area contributed by atoms with Crippen LogP contribution < -0.4 is 21.1 Å². The highest BCUT2D eigenvalue weighted by Gasteiger charge is 2.11. The van der Waals surface area contributed by atoms with Crippen molar-refractivity contribution in [1.82, 2.24) is 0 Å². The number of rotatable bonds is 5. The molecule has 0 fully saturated rings. The lowest BCUT2D eigenvalue weighted by molar-refractivity contribution is 0.100. The summed E-state index contributed by atoms with van der Waals surface area (Å²) in [6.07, 6.45) is 0. The van der Waals surface area contributed by atoms with Crippen LogP contribution in [0.25, 0.3) is 0 Å². The first-order chi connectivity index (χ1) is 10.0. The van der Waals surface area contributed by atoms with Gasteiger partial charge in [0.05, 0.1) is 12.7 Å². The van der Waals surface area contributed by atoms with E-state index in [1.54, 1.807) is 19.2 Å². The van der Waals surface area contributed by atoms with Crippen LogP contribution in [-0.2, 0) is 6.54 Å². The fourth-order valence-electron chi connectivity index (χ4n) is 2.18. The van der Waals surface area contributed by atoms with E-state index in [2.05, 4.69) is 0 Å². The minimum atomic E-state index is -0.528. The van der Waals surface area contributed by atoms with E-state index in [9.17, 15) is 4.79 Å². The van der Waals surface area contributed by atoms with Crippen LogP contribution in [0.1, 0.15) is 15.9 Å². The average Bonchev–Trinajstić information content (AvgIpc) is 2.47. The van der Waals surface area contributed by atoms with E-state index in [-0.39, 0.29) is 0 Å². The SMILES string of the molecule is COc1ccccc1CN(C)c1ccc(N)c(C(N)=O)c1. The maximum atomic E-state index is 11.4. The van der Waals surface area contributed by atoms with Gasteiger partial charge in [0.15, 0.2) is 0 Å². The normalized spacial score (nSPS) is 10.2. The number of hydrogen-bond donors (Lipinski definition) is 2. The number of nitrogens with two attached hydrogens (primary N) is 2. The number of nitrogens with zero attached hydrogens (tertiary/aromatic N) is 1. The number of nitrogen functional groups attached to an aromatic ring is 1. The summed E-state index contributed by atoms with van der Waals surface area (Å²) in [5, 5.41) is 0. The van der Waals surface area contributed by atoms with E-state index < -0.39 is 5.91 Å². The van der Waals surface area contributed by atoms with Crippen LogP contribution in [0.5, 0.6) is 5.75 Å². The van der Waals surface area contributed by atoms with Crippen LogP contribution in [0.4, 0.5) is 11.4 Å². The highest BCUT2D eigenvalue weighted by molar-refractivity contribution is 5.99. The lowest BCUT2D eigenvalue weighted by Gasteiger charge is -2.21. The quantitative estimate of drug-likeness (QED) is 0.823. The largest absolute Gasteiger partial charge is 0.496 e. The van der Waals surface area contributed by atoms with Crippen LogP contribution in [0.3, 0.4) is 0 Å². The molecule has 2 aromatic rings. The number of amides is 1. The maximum Gasteiger partial charge on any atom is 0.250 e. The highest BCUT2D eigenvalue weighted by atomic mass is 16.5. The molecule has 2 rings (SSSR count). The second-order valence-corrected chi connectivity index (χ2v) is 4.80. The second-order valence-electron chi connectivity index (χ2n) is 4.80. The molecule has 0 saturated heterocycles. The number of anilines is 2. The van der Waals surface area contributed by atoms with Crippen molar-refractivity contribution in [3.05, 3.63) is 53.6 Å². The zero-order chi connectivity index (χ0) is 15.4. The van der Waals surface area contributed by atoms with Gasteiger partial charge < -0.3 is 21.1 Å². The molecule has 0 aliphatic heterocycles. The molecule has 0 aliphatic rings. The third kappa shape index (κ3) is 3.25. The molecule has 0 heterocycles. The van der Waals surface area contributed by atoms with E-state index in [1.165, 1.54) is 0 Å². The average molecular weight is 285 g/mol. The molecular formula is C16H19N3O2. The molecular weight excluding hydrogens is 266 g/mol. The number of benzene rings is 2. The Morgan fingerprint density at radius 3 is 2.62 bits per heavy atom. The molecule has 1 amide bonds. The smallest absolute Gasteiger partial charge is 0.250 e. The minimum absolute atomic E-state index is 0.333. The minimum Gasteiger partial charge on any atom is -0.496 e. The summed E-state index contributed by atoms with van der Waals surface area (Å²) in [4.78, 5) is 13.4. The Morgan fingerprint density at radius 2 is 1.95 bits per heavy atom. The Labute approximate surface area is 124 Å². The van der Waals surface area contributed by atoms with Crippen molar-refractivity contribution in [2.24, 2.45) is 5.73 Å². The van der Waals surface area contributed by atoms with Crippen molar-refractivity contribution in [2.75, 3.05) is 24.8 Å². The molecule has 0 saturated carbocycles. The van der Waals surface area contributed by atoms with Crippen LogP contribution in [-0.4, -0.2) is 20.1 Å². The van der Waals surface area contributed by atoms with Crippen molar-refractivity contribution in [3.63, 3.8) is 0 Å². The predicted molar refractivity (Wildman–Crippen MR) is 84.5 cm³/mol. The summed E-state index contributed by atoms with van der Waals surface area (Å²) >= 11 is 0.